The number of hydrogen-bond donors (Lipinski definition) is 2. The van der Waals surface area contributed by atoms with E-state index in [0.29, 0.717) is 10.7 Å². The minimum atomic E-state index is -0.272. The van der Waals surface area contributed by atoms with Crippen molar-refractivity contribution in [1.82, 2.24) is 0 Å². The van der Waals surface area contributed by atoms with Gasteiger partial charge in [0.2, 0.25) is 5.91 Å². The summed E-state index contributed by atoms with van der Waals surface area (Å²) in [5.41, 5.74) is 0.625. The molecule has 1 aromatic carbocycles. The zero-order valence-corrected chi connectivity index (χ0v) is 8.83. The summed E-state index contributed by atoms with van der Waals surface area (Å²) in [4.78, 5) is 11.2. The highest BCUT2D eigenvalue weighted by atomic mass is 35.5. The number of anilines is 1. The number of benzene rings is 1. The van der Waals surface area contributed by atoms with Crippen LogP contribution >= 0.6 is 11.6 Å². The quantitative estimate of drug-likeness (QED) is 0.748. The molecule has 0 radical (unpaired) electrons. The van der Waals surface area contributed by atoms with Gasteiger partial charge in [0.1, 0.15) is 6.61 Å². The van der Waals surface area contributed by atoms with Gasteiger partial charge < -0.3 is 15.2 Å². The highest BCUT2D eigenvalue weighted by molar-refractivity contribution is 6.30. The number of ether oxygens (including phenoxy) is 1. The molecule has 0 heterocycles. The van der Waals surface area contributed by atoms with Crippen molar-refractivity contribution in [3.63, 3.8) is 0 Å². The molecule has 1 amide bonds. The highest BCUT2D eigenvalue weighted by Gasteiger charge is 2.02. The maximum absolute atomic E-state index is 11.2. The number of aliphatic hydroxyl groups is 1. The molecule has 0 unspecified atom stereocenters. The number of halogens is 1. The van der Waals surface area contributed by atoms with Gasteiger partial charge in [-0.2, -0.15) is 0 Å². The van der Waals surface area contributed by atoms with Gasteiger partial charge in [0.15, 0.2) is 0 Å². The minimum absolute atomic E-state index is 0.0763. The predicted molar refractivity (Wildman–Crippen MR) is 58.0 cm³/mol. The number of amides is 1. The summed E-state index contributed by atoms with van der Waals surface area (Å²) in [5.74, 6) is -0.272. The van der Waals surface area contributed by atoms with Gasteiger partial charge in [0.25, 0.3) is 0 Å². The third-order valence-electron chi connectivity index (χ3n) is 1.58. The summed E-state index contributed by atoms with van der Waals surface area (Å²) in [7, 11) is 0. The Kier molecular flexibility index (Phi) is 5.10. The van der Waals surface area contributed by atoms with E-state index in [2.05, 4.69) is 5.32 Å². The van der Waals surface area contributed by atoms with E-state index in [4.69, 9.17) is 21.4 Å². The first-order valence-corrected chi connectivity index (χ1v) is 4.84. The van der Waals surface area contributed by atoms with Crippen LogP contribution in [-0.2, 0) is 9.53 Å². The summed E-state index contributed by atoms with van der Waals surface area (Å²) < 4.78 is 4.85. The van der Waals surface area contributed by atoms with Gasteiger partial charge in [0.05, 0.1) is 13.2 Å². The average molecular weight is 230 g/mol. The minimum Gasteiger partial charge on any atom is -0.394 e. The van der Waals surface area contributed by atoms with Crippen molar-refractivity contribution in [2.45, 2.75) is 0 Å². The molecule has 82 valence electrons. The van der Waals surface area contributed by atoms with E-state index >= 15 is 0 Å². The lowest BCUT2D eigenvalue weighted by Gasteiger charge is -2.05. The Hall–Kier alpha value is -1.10. The SMILES string of the molecule is O=C(COCCO)Nc1cccc(Cl)c1. The maximum atomic E-state index is 11.2. The summed E-state index contributed by atoms with van der Waals surface area (Å²) in [6.45, 7) is -0.0134. The highest BCUT2D eigenvalue weighted by Crippen LogP contribution is 2.14. The van der Waals surface area contributed by atoms with Gasteiger partial charge in [0, 0.05) is 10.7 Å². The van der Waals surface area contributed by atoms with Crippen molar-refractivity contribution in [2.75, 3.05) is 25.1 Å². The fourth-order valence-corrected chi connectivity index (χ4v) is 1.18. The van der Waals surface area contributed by atoms with Gasteiger partial charge in [-0.25, -0.2) is 0 Å². The van der Waals surface area contributed by atoms with Crippen molar-refractivity contribution in [3.8, 4) is 0 Å². The summed E-state index contributed by atoms with van der Waals surface area (Å²) in [6.07, 6.45) is 0. The van der Waals surface area contributed by atoms with Crippen LogP contribution in [0.5, 0.6) is 0 Å². The predicted octanol–water partition coefficient (Wildman–Crippen LogP) is 1.29. The lowest BCUT2D eigenvalue weighted by atomic mass is 10.3. The topological polar surface area (TPSA) is 58.6 Å². The number of carbonyl (C=O) groups is 1. The van der Waals surface area contributed by atoms with Crippen molar-refractivity contribution < 1.29 is 14.6 Å². The fourth-order valence-electron chi connectivity index (χ4n) is 0.993. The Morgan fingerprint density at radius 3 is 3.00 bits per heavy atom. The number of aliphatic hydroxyl groups excluding tert-OH is 1. The summed E-state index contributed by atoms with van der Waals surface area (Å²) in [6, 6.07) is 6.84. The molecule has 0 saturated heterocycles. The smallest absolute Gasteiger partial charge is 0.250 e. The fraction of sp³-hybridized carbons (Fsp3) is 0.300. The molecule has 2 N–H and O–H groups in total. The first-order valence-electron chi connectivity index (χ1n) is 4.46. The maximum Gasteiger partial charge on any atom is 0.250 e. The molecule has 0 aliphatic rings. The Bertz CT molecular complexity index is 330. The number of hydrogen-bond acceptors (Lipinski definition) is 3. The van der Waals surface area contributed by atoms with Crippen LogP contribution < -0.4 is 5.32 Å². The molecule has 0 fully saturated rings. The van der Waals surface area contributed by atoms with Crippen LogP contribution in [0.4, 0.5) is 5.69 Å². The third-order valence-corrected chi connectivity index (χ3v) is 1.81. The van der Waals surface area contributed by atoms with Crippen LogP contribution in [0.3, 0.4) is 0 Å². The van der Waals surface area contributed by atoms with E-state index < -0.39 is 0 Å². The lowest BCUT2D eigenvalue weighted by molar-refractivity contribution is -0.120. The van der Waals surface area contributed by atoms with E-state index in [1.165, 1.54) is 0 Å². The van der Waals surface area contributed by atoms with E-state index in [-0.39, 0.29) is 25.7 Å². The van der Waals surface area contributed by atoms with Crippen LogP contribution in [0.25, 0.3) is 0 Å². The zero-order chi connectivity index (χ0) is 11.1. The van der Waals surface area contributed by atoms with Gasteiger partial charge in [-0.05, 0) is 18.2 Å². The third kappa shape index (κ3) is 4.78. The van der Waals surface area contributed by atoms with E-state index in [1.54, 1.807) is 24.3 Å². The van der Waals surface area contributed by atoms with Crippen LogP contribution in [0.2, 0.25) is 5.02 Å². The molecule has 4 nitrogen and oxygen atoms in total. The summed E-state index contributed by atoms with van der Waals surface area (Å²) >= 11 is 5.74. The Balaban J connectivity index is 2.37. The Morgan fingerprint density at radius 1 is 1.53 bits per heavy atom. The van der Waals surface area contributed by atoms with Crippen molar-refractivity contribution in [1.29, 1.82) is 0 Å². The molecule has 0 atom stereocenters. The van der Waals surface area contributed by atoms with Gasteiger partial charge in [-0.1, -0.05) is 17.7 Å². The average Bonchev–Trinajstić information content (AvgIpc) is 2.18. The van der Waals surface area contributed by atoms with Gasteiger partial charge in [-0.15, -0.1) is 0 Å². The van der Waals surface area contributed by atoms with Crippen molar-refractivity contribution in [2.24, 2.45) is 0 Å². The second-order valence-electron chi connectivity index (χ2n) is 2.83. The summed E-state index contributed by atoms with van der Waals surface area (Å²) in [5, 5.41) is 11.6. The molecule has 0 bridgehead atoms. The van der Waals surface area contributed by atoms with Crippen LogP contribution in [-0.4, -0.2) is 30.8 Å². The molecule has 1 aromatic rings. The van der Waals surface area contributed by atoms with Crippen molar-refractivity contribution in [3.05, 3.63) is 29.3 Å². The largest absolute Gasteiger partial charge is 0.394 e. The monoisotopic (exact) mass is 229 g/mol. The Morgan fingerprint density at radius 2 is 2.33 bits per heavy atom. The molecule has 0 spiro atoms. The molecule has 0 aliphatic heterocycles. The van der Waals surface area contributed by atoms with Crippen LogP contribution in [0.15, 0.2) is 24.3 Å². The normalized spacial score (nSPS) is 10.0. The second kappa shape index (κ2) is 6.40. The van der Waals surface area contributed by atoms with E-state index in [0.717, 1.165) is 0 Å². The van der Waals surface area contributed by atoms with Crippen LogP contribution in [0.1, 0.15) is 0 Å². The number of rotatable bonds is 5. The number of nitrogens with one attached hydrogen (secondary N) is 1. The van der Waals surface area contributed by atoms with Crippen molar-refractivity contribution >= 4 is 23.2 Å². The second-order valence-corrected chi connectivity index (χ2v) is 3.27. The molecule has 0 aliphatic carbocycles. The molecule has 1 rings (SSSR count). The first kappa shape index (κ1) is 12.0. The standard InChI is InChI=1S/C10H12ClNO3/c11-8-2-1-3-9(6-8)12-10(14)7-15-5-4-13/h1-3,6,13H,4-5,7H2,(H,12,14). The molecular weight excluding hydrogens is 218 g/mol. The molecule has 15 heavy (non-hydrogen) atoms. The molecule has 5 heteroatoms. The lowest BCUT2D eigenvalue weighted by Crippen LogP contribution is -2.19. The first-order chi connectivity index (χ1) is 7.22. The van der Waals surface area contributed by atoms with E-state index in [9.17, 15) is 4.79 Å². The van der Waals surface area contributed by atoms with Gasteiger partial charge >= 0.3 is 0 Å². The van der Waals surface area contributed by atoms with E-state index in [1.807, 2.05) is 0 Å². The molecule has 0 aromatic heterocycles. The van der Waals surface area contributed by atoms with Gasteiger partial charge in [-0.3, -0.25) is 4.79 Å². The molecular formula is C10H12ClNO3. The van der Waals surface area contributed by atoms with Crippen LogP contribution in [0, 0.1) is 0 Å². The Labute approximate surface area is 92.8 Å². The zero-order valence-electron chi connectivity index (χ0n) is 8.07. The number of carbonyl (C=O) groups excluding carboxylic acids is 1. The molecule has 0 saturated carbocycles.